The minimum Gasteiger partial charge on any atom is -0.508 e. The Kier molecular flexibility index (Phi) is 19.8. The zero-order valence-corrected chi connectivity index (χ0v) is 34.2. The highest BCUT2D eigenvalue weighted by molar-refractivity contribution is 5.82. The minimum atomic E-state index is -2.27. The lowest BCUT2D eigenvalue weighted by Gasteiger charge is -2.50. The third-order valence-corrected chi connectivity index (χ3v) is 9.75. The van der Waals surface area contributed by atoms with E-state index in [9.17, 15) is 50.4 Å². The van der Waals surface area contributed by atoms with Crippen molar-refractivity contribution in [2.24, 2.45) is 0 Å². The first kappa shape index (κ1) is 48.9. The van der Waals surface area contributed by atoms with Crippen molar-refractivity contribution in [3.63, 3.8) is 0 Å². The fourth-order valence-corrected chi connectivity index (χ4v) is 6.66. The average Bonchev–Trinajstić information content (AvgIpc) is 3.60. The molecule has 3 heterocycles. The molecule has 0 aromatic heterocycles. The molecule has 0 aliphatic carbocycles. The quantitative estimate of drug-likeness (QED) is 0.0533. The Morgan fingerprint density at radius 3 is 2.13 bits per heavy atom. The number of benzene rings is 1. The van der Waals surface area contributed by atoms with Crippen LogP contribution in [-0.2, 0) is 50.4 Å². The van der Waals surface area contributed by atoms with Crippen LogP contribution in [0.3, 0.4) is 0 Å². The molecule has 1 spiro atoms. The normalized spacial score (nSPS) is 30.1. The fourth-order valence-electron chi connectivity index (χ4n) is 6.66. The number of phenols is 2. The van der Waals surface area contributed by atoms with Crippen LogP contribution in [0, 0.1) is 0 Å². The van der Waals surface area contributed by atoms with Gasteiger partial charge in [-0.15, -0.1) is 0 Å². The van der Waals surface area contributed by atoms with E-state index in [1.807, 2.05) is 37.3 Å². The van der Waals surface area contributed by atoms with E-state index in [1.54, 1.807) is 36.5 Å². The van der Waals surface area contributed by atoms with Crippen molar-refractivity contribution < 1.29 is 78.9 Å². The maximum absolute atomic E-state index is 13.3. The Morgan fingerprint density at radius 1 is 0.803 bits per heavy atom. The van der Waals surface area contributed by atoms with E-state index in [0.717, 1.165) is 43.9 Å². The second-order valence-corrected chi connectivity index (χ2v) is 14.4. The molecule has 3 aliphatic rings. The molecule has 0 bridgehead atoms. The van der Waals surface area contributed by atoms with Gasteiger partial charge in [-0.25, -0.2) is 9.59 Å². The molecule has 0 radical (unpaired) electrons. The first-order valence-corrected chi connectivity index (χ1v) is 20.3. The minimum absolute atomic E-state index is 0.114. The Hall–Kier alpha value is -4.72. The molecule has 0 amide bonds. The van der Waals surface area contributed by atoms with Crippen LogP contribution in [0.2, 0.25) is 0 Å². The summed E-state index contributed by atoms with van der Waals surface area (Å²) < 4.78 is 34.6. The summed E-state index contributed by atoms with van der Waals surface area (Å²) >= 11 is 0. The number of phenolic OH excluding ortho intramolecular Hbond substituents is 2. The summed E-state index contributed by atoms with van der Waals surface area (Å²) in [6, 6.07) is 2.25. The highest BCUT2D eigenvalue weighted by Crippen LogP contribution is 2.51. The van der Waals surface area contributed by atoms with Gasteiger partial charge in [0.25, 0.3) is 0 Å². The van der Waals surface area contributed by atoms with E-state index in [0.29, 0.717) is 0 Å². The summed E-state index contributed by atoms with van der Waals surface area (Å²) in [5.41, 5.74) is 0.104. The second kappa shape index (κ2) is 24.7. The van der Waals surface area contributed by atoms with Crippen LogP contribution < -0.4 is 0 Å². The number of esters is 2. The Balaban J connectivity index is 1.52. The highest BCUT2D eigenvalue weighted by atomic mass is 16.8. The van der Waals surface area contributed by atoms with Gasteiger partial charge in [-0.3, -0.25) is 0 Å². The SMILES string of the molecule is CCC/C=C/C=C/C=C/C(=O)OC[C@H]1O[C@@H](O[C@H]2[C@H](OC(=O)/C=C/C=C/C[C@H](O)/C=C/C=C/C=C/CCC)[C@@H](O)[C@@]3(OCc4cc(O)cc(O)c43)O[C@@H]2CO)[C@H](O)[C@@H](O)[C@H]1O. The maximum Gasteiger partial charge on any atom is 0.331 e. The Labute approximate surface area is 354 Å². The molecule has 16 nitrogen and oxygen atoms in total. The predicted octanol–water partition coefficient (Wildman–Crippen LogP) is 2.98. The van der Waals surface area contributed by atoms with E-state index in [4.69, 9.17) is 28.4 Å². The number of hydrogen-bond donors (Lipinski definition) is 8. The van der Waals surface area contributed by atoms with Gasteiger partial charge in [0.2, 0.25) is 5.79 Å². The second-order valence-electron chi connectivity index (χ2n) is 14.4. The van der Waals surface area contributed by atoms with Crippen LogP contribution >= 0.6 is 0 Å². The summed E-state index contributed by atoms with van der Waals surface area (Å²) in [7, 11) is 0. The number of rotatable bonds is 20. The molecular formula is C45H58O16. The number of aliphatic hydroxyl groups is 6. The van der Waals surface area contributed by atoms with Gasteiger partial charge >= 0.3 is 11.9 Å². The van der Waals surface area contributed by atoms with Crippen LogP contribution in [0.15, 0.2) is 109 Å². The smallest absolute Gasteiger partial charge is 0.331 e. The van der Waals surface area contributed by atoms with E-state index in [1.165, 1.54) is 24.3 Å². The van der Waals surface area contributed by atoms with Gasteiger partial charge in [0.05, 0.1) is 24.9 Å². The molecule has 8 N–H and O–H groups in total. The topological polar surface area (TPSA) is 251 Å². The number of aliphatic hydroxyl groups excluding tert-OH is 6. The number of fused-ring (bicyclic) bond motifs is 2. The number of allylic oxidation sites excluding steroid dienone is 12. The number of aromatic hydroxyl groups is 2. The molecule has 1 aromatic rings. The van der Waals surface area contributed by atoms with Crippen molar-refractivity contribution in [2.75, 3.05) is 13.2 Å². The largest absolute Gasteiger partial charge is 0.508 e. The summed E-state index contributed by atoms with van der Waals surface area (Å²) in [6.45, 7) is 2.37. The van der Waals surface area contributed by atoms with Crippen LogP contribution in [0.4, 0.5) is 0 Å². The van der Waals surface area contributed by atoms with Gasteiger partial charge in [0, 0.05) is 18.2 Å². The lowest BCUT2D eigenvalue weighted by atomic mass is 9.86. The number of carbonyl (C=O) groups excluding carboxylic acids is 2. The predicted molar refractivity (Wildman–Crippen MR) is 220 cm³/mol. The molecule has 61 heavy (non-hydrogen) atoms. The lowest BCUT2D eigenvalue weighted by Crippen LogP contribution is -2.67. The standard InChI is InChI=1S/C45H58O16/c1-3-5-7-9-11-13-16-20-30(47)21-17-15-19-23-36(51)59-42-41(33(26-46)61-45(43(42)55)37-29(27-57-45)24-31(48)25-32(37)49)60-44-40(54)39(53)38(52)34(58-44)28-56-35(50)22-18-14-12-10-8-6-4-2/h7-20,22-25,30,33-34,38-44,46-49,52-55H,3-6,21,26-28H2,1-2H3/b9-7+,10-8+,13-11+,14-12+,17-15+,20-16+,22-18+,23-19+/t30-,33-,34-,38+,39+,40-,41-,42+,43-,44+,45+/m1/s1. The molecule has 0 saturated carbocycles. The molecule has 334 valence electrons. The third-order valence-electron chi connectivity index (χ3n) is 9.75. The van der Waals surface area contributed by atoms with Crippen LogP contribution in [0.5, 0.6) is 11.5 Å². The van der Waals surface area contributed by atoms with Crippen molar-refractivity contribution in [3.05, 3.63) is 120 Å². The van der Waals surface area contributed by atoms with Crippen LogP contribution in [0.25, 0.3) is 0 Å². The molecule has 11 atom stereocenters. The van der Waals surface area contributed by atoms with Gasteiger partial charge in [-0.2, -0.15) is 0 Å². The third kappa shape index (κ3) is 13.6. The monoisotopic (exact) mass is 854 g/mol. The van der Waals surface area contributed by atoms with Gasteiger partial charge in [0.15, 0.2) is 18.5 Å². The van der Waals surface area contributed by atoms with Crippen LogP contribution in [-0.4, -0.2) is 127 Å². The van der Waals surface area contributed by atoms with Crippen LogP contribution in [0.1, 0.15) is 57.1 Å². The fraction of sp³-hybridized carbons (Fsp3) is 0.467. The molecule has 4 rings (SSSR count). The Bertz CT molecular complexity index is 1810. The first-order chi connectivity index (χ1) is 29.4. The lowest BCUT2D eigenvalue weighted by molar-refractivity contribution is -0.395. The van der Waals surface area contributed by atoms with Gasteiger partial charge in [0.1, 0.15) is 54.7 Å². The molecule has 0 unspecified atom stereocenters. The van der Waals surface area contributed by atoms with E-state index >= 15 is 0 Å². The maximum atomic E-state index is 13.3. The van der Waals surface area contributed by atoms with Crippen molar-refractivity contribution in [3.8, 4) is 11.5 Å². The van der Waals surface area contributed by atoms with Gasteiger partial charge in [-0.1, -0.05) is 112 Å². The van der Waals surface area contributed by atoms with E-state index in [-0.39, 0.29) is 29.9 Å². The number of ether oxygens (including phenoxy) is 6. The van der Waals surface area contributed by atoms with Gasteiger partial charge < -0.3 is 69.3 Å². The summed E-state index contributed by atoms with van der Waals surface area (Å²) in [5, 5.41) is 86.2. The van der Waals surface area contributed by atoms with Crippen molar-refractivity contribution in [1.82, 2.24) is 0 Å². The summed E-state index contributed by atoms with van der Waals surface area (Å²) in [6.07, 6.45) is 13.4. The summed E-state index contributed by atoms with van der Waals surface area (Å²) in [4.78, 5) is 25.7. The van der Waals surface area contributed by atoms with Crippen molar-refractivity contribution in [2.45, 2.75) is 120 Å². The molecule has 1 aromatic carbocycles. The van der Waals surface area contributed by atoms with Gasteiger partial charge in [-0.05, 0) is 30.9 Å². The molecular weight excluding hydrogens is 796 g/mol. The van der Waals surface area contributed by atoms with Crippen molar-refractivity contribution >= 4 is 11.9 Å². The molecule has 2 fully saturated rings. The highest BCUT2D eigenvalue weighted by Gasteiger charge is 2.63. The summed E-state index contributed by atoms with van der Waals surface area (Å²) in [5.74, 6) is -4.96. The number of hydrogen-bond acceptors (Lipinski definition) is 16. The zero-order valence-electron chi connectivity index (χ0n) is 34.2. The zero-order chi connectivity index (χ0) is 44.4. The average molecular weight is 855 g/mol. The van der Waals surface area contributed by atoms with E-state index < -0.39 is 97.9 Å². The first-order valence-electron chi connectivity index (χ1n) is 20.3. The number of unbranched alkanes of at least 4 members (excludes halogenated alkanes) is 2. The Morgan fingerprint density at radius 2 is 1.44 bits per heavy atom. The molecule has 16 heteroatoms. The number of carbonyl (C=O) groups is 2. The van der Waals surface area contributed by atoms with Crippen molar-refractivity contribution in [1.29, 1.82) is 0 Å². The van der Waals surface area contributed by atoms with E-state index in [2.05, 4.69) is 6.92 Å². The molecule has 2 saturated heterocycles. The molecule has 3 aliphatic heterocycles.